The van der Waals surface area contributed by atoms with Crippen LogP contribution < -0.4 is 5.32 Å². The van der Waals surface area contributed by atoms with Gasteiger partial charge in [-0.15, -0.1) is 0 Å². The Hall–Kier alpha value is -2.96. The standard InChI is InChI=1S/C18H21N5O2/c1-11(2)15-10-20-23-16(15)21-12(3)22-18(23)19-9-13-7-5-6-8-14(13)17(24)25-4/h5-8,10-11H,9H2,1-4H3,(H,19,21,22). The highest BCUT2D eigenvalue weighted by molar-refractivity contribution is 5.91. The van der Waals surface area contributed by atoms with Gasteiger partial charge in [-0.05, 0) is 24.5 Å². The van der Waals surface area contributed by atoms with Crippen molar-refractivity contribution in [1.29, 1.82) is 0 Å². The van der Waals surface area contributed by atoms with Crippen molar-refractivity contribution in [2.24, 2.45) is 0 Å². The molecule has 0 bridgehead atoms. The lowest BCUT2D eigenvalue weighted by Gasteiger charge is -2.11. The molecule has 130 valence electrons. The number of esters is 1. The first-order valence-corrected chi connectivity index (χ1v) is 8.13. The summed E-state index contributed by atoms with van der Waals surface area (Å²) in [5, 5.41) is 7.66. The van der Waals surface area contributed by atoms with E-state index in [1.165, 1.54) is 7.11 Å². The summed E-state index contributed by atoms with van der Waals surface area (Å²) in [4.78, 5) is 20.8. The van der Waals surface area contributed by atoms with Gasteiger partial charge in [-0.25, -0.2) is 9.78 Å². The maximum Gasteiger partial charge on any atom is 0.338 e. The van der Waals surface area contributed by atoms with Crippen LogP contribution in [0.5, 0.6) is 0 Å². The van der Waals surface area contributed by atoms with Gasteiger partial charge in [-0.1, -0.05) is 32.0 Å². The highest BCUT2D eigenvalue weighted by Crippen LogP contribution is 2.21. The normalized spacial score (nSPS) is 11.1. The molecule has 7 nitrogen and oxygen atoms in total. The Morgan fingerprint density at radius 1 is 1.28 bits per heavy atom. The van der Waals surface area contributed by atoms with E-state index in [-0.39, 0.29) is 5.97 Å². The van der Waals surface area contributed by atoms with E-state index in [9.17, 15) is 4.79 Å². The van der Waals surface area contributed by atoms with Crippen molar-refractivity contribution in [3.63, 3.8) is 0 Å². The number of ether oxygens (including phenoxy) is 1. The monoisotopic (exact) mass is 339 g/mol. The number of rotatable bonds is 5. The van der Waals surface area contributed by atoms with E-state index in [2.05, 4.69) is 34.2 Å². The summed E-state index contributed by atoms with van der Waals surface area (Å²) in [6, 6.07) is 7.32. The lowest BCUT2D eigenvalue weighted by atomic mass is 10.1. The number of hydrogen-bond donors (Lipinski definition) is 1. The van der Waals surface area contributed by atoms with Crippen LogP contribution in [0.25, 0.3) is 5.65 Å². The first-order chi connectivity index (χ1) is 12.0. The minimum atomic E-state index is -0.359. The number of nitrogens with zero attached hydrogens (tertiary/aromatic N) is 4. The minimum absolute atomic E-state index is 0.319. The summed E-state index contributed by atoms with van der Waals surface area (Å²) >= 11 is 0. The van der Waals surface area contributed by atoms with E-state index >= 15 is 0 Å². The lowest BCUT2D eigenvalue weighted by molar-refractivity contribution is 0.0599. The summed E-state index contributed by atoms with van der Waals surface area (Å²) < 4.78 is 6.54. The molecule has 0 unspecified atom stereocenters. The molecule has 0 amide bonds. The van der Waals surface area contributed by atoms with Gasteiger partial charge in [0.25, 0.3) is 0 Å². The molecule has 1 aromatic carbocycles. The zero-order chi connectivity index (χ0) is 18.0. The Kier molecular flexibility index (Phi) is 4.65. The third kappa shape index (κ3) is 3.31. The van der Waals surface area contributed by atoms with Crippen molar-refractivity contribution < 1.29 is 9.53 Å². The largest absolute Gasteiger partial charge is 0.465 e. The van der Waals surface area contributed by atoms with Crippen molar-refractivity contribution in [1.82, 2.24) is 19.6 Å². The summed E-state index contributed by atoms with van der Waals surface area (Å²) in [6.45, 7) is 6.49. The Balaban J connectivity index is 1.94. The van der Waals surface area contributed by atoms with Gasteiger partial charge in [0.2, 0.25) is 5.95 Å². The van der Waals surface area contributed by atoms with Crippen LogP contribution in [0.1, 0.15) is 47.1 Å². The van der Waals surface area contributed by atoms with Gasteiger partial charge >= 0.3 is 5.97 Å². The van der Waals surface area contributed by atoms with Gasteiger partial charge in [0.05, 0.1) is 18.9 Å². The number of anilines is 1. The molecule has 1 N–H and O–H groups in total. The molecular weight excluding hydrogens is 318 g/mol. The lowest BCUT2D eigenvalue weighted by Crippen LogP contribution is -2.13. The van der Waals surface area contributed by atoms with Gasteiger partial charge in [0.15, 0.2) is 5.65 Å². The van der Waals surface area contributed by atoms with E-state index in [1.807, 2.05) is 31.3 Å². The van der Waals surface area contributed by atoms with Crippen LogP contribution in [-0.2, 0) is 11.3 Å². The number of benzene rings is 1. The first kappa shape index (κ1) is 16.9. The SMILES string of the molecule is COC(=O)c1ccccc1CNc1nc(C)nc2c(C(C)C)cnn12. The zero-order valence-corrected chi connectivity index (χ0v) is 14.8. The Bertz CT molecular complexity index is 917. The van der Waals surface area contributed by atoms with E-state index < -0.39 is 0 Å². The van der Waals surface area contributed by atoms with Crippen LogP contribution in [0.2, 0.25) is 0 Å². The van der Waals surface area contributed by atoms with E-state index in [0.717, 1.165) is 16.8 Å². The number of fused-ring (bicyclic) bond motifs is 1. The van der Waals surface area contributed by atoms with Crippen LogP contribution in [-0.4, -0.2) is 32.7 Å². The van der Waals surface area contributed by atoms with Gasteiger partial charge in [-0.3, -0.25) is 0 Å². The van der Waals surface area contributed by atoms with Gasteiger partial charge in [0.1, 0.15) is 5.82 Å². The molecule has 0 fully saturated rings. The summed E-state index contributed by atoms with van der Waals surface area (Å²) in [5.41, 5.74) is 3.23. The van der Waals surface area contributed by atoms with Gasteiger partial charge in [0, 0.05) is 12.1 Å². The van der Waals surface area contributed by atoms with Crippen LogP contribution in [0.4, 0.5) is 5.95 Å². The number of hydrogen-bond acceptors (Lipinski definition) is 6. The molecule has 3 aromatic rings. The van der Waals surface area contributed by atoms with E-state index in [1.54, 1.807) is 10.6 Å². The first-order valence-electron chi connectivity index (χ1n) is 8.13. The van der Waals surface area contributed by atoms with Crippen LogP contribution >= 0.6 is 0 Å². The van der Waals surface area contributed by atoms with E-state index in [0.29, 0.717) is 29.8 Å². The predicted molar refractivity (Wildman–Crippen MR) is 94.7 cm³/mol. The number of methoxy groups -OCH3 is 1. The third-order valence-electron chi connectivity index (χ3n) is 3.99. The molecular formula is C18H21N5O2. The average molecular weight is 339 g/mol. The van der Waals surface area contributed by atoms with Gasteiger partial charge < -0.3 is 10.1 Å². The third-order valence-corrected chi connectivity index (χ3v) is 3.99. The second-order valence-corrected chi connectivity index (χ2v) is 6.09. The molecule has 2 heterocycles. The molecule has 2 aromatic heterocycles. The summed E-state index contributed by atoms with van der Waals surface area (Å²) in [6.07, 6.45) is 1.82. The van der Waals surface area contributed by atoms with Crippen LogP contribution in [0.15, 0.2) is 30.5 Å². The van der Waals surface area contributed by atoms with Gasteiger partial charge in [-0.2, -0.15) is 14.6 Å². The summed E-state index contributed by atoms with van der Waals surface area (Å²) in [7, 11) is 1.38. The molecule has 0 aliphatic heterocycles. The molecule has 0 aliphatic carbocycles. The summed E-state index contributed by atoms with van der Waals surface area (Å²) in [5.74, 6) is 1.22. The second-order valence-electron chi connectivity index (χ2n) is 6.09. The van der Waals surface area contributed by atoms with Crippen molar-refractivity contribution in [3.8, 4) is 0 Å². The molecule has 0 saturated heterocycles. The number of nitrogens with one attached hydrogen (secondary N) is 1. The van der Waals surface area contributed by atoms with Crippen molar-refractivity contribution in [3.05, 3.63) is 53.0 Å². The molecule has 0 spiro atoms. The van der Waals surface area contributed by atoms with Crippen molar-refractivity contribution in [2.75, 3.05) is 12.4 Å². The highest BCUT2D eigenvalue weighted by Gasteiger charge is 2.15. The van der Waals surface area contributed by atoms with Crippen LogP contribution in [0.3, 0.4) is 0 Å². The number of carbonyl (C=O) groups excluding carboxylic acids is 1. The zero-order valence-electron chi connectivity index (χ0n) is 14.8. The number of carbonyl (C=O) groups is 1. The number of aromatic nitrogens is 4. The van der Waals surface area contributed by atoms with E-state index in [4.69, 9.17) is 4.74 Å². The average Bonchev–Trinajstić information content (AvgIpc) is 3.03. The maximum atomic E-state index is 11.9. The van der Waals surface area contributed by atoms with Crippen molar-refractivity contribution in [2.45, 2.75) is 33.2 Å². The second kappa shape index (κ2) is 6.88. The predicted octanol–water partition coefficient (Wildman–Crippen LogP) is 2.95. The molecule has 0 radical (unpaired) electrons. The topological polar surface area (TPSA) is 81.4 Å². The fourth-order valence-corrected chi connectivity index (χ4v) is 2.68. The molecule has 0 saturated carbocycles. The maximum absolute atomic E-state index is 11.9. The fraction of sp³-hybridized carbons (Fsp3) is 0.333. The molecule has 0 atom stereocenters. The Labute approximate surface area is 146 Å². The van der Waals surface area contributed by atoms with Crippen LogP contribution in [0, 0.1) is 6.92 Å². The quantitative estimate of drug-likeness (QED) is 0.720. The molecule has 25 heavy (non-hydrogen) atoms. The number of aryl methyl sites for hydroxylation is 1. The molecule has 0 aliphatic rings. The molecule has 3 rings (SSSR count). The minimum Gasteiger partial charge on any atom is -0.465 e. The fourth-order valence-electron chi connectivity index (χ4n) is 2.68. The Morgan fingerprint density at radius 3 is 2.76 bits per heavy atom. The molecule has 7 heteroatoms. The highest BCUT2D eigenvalue weighted by atomic mass is 16.5. The van der Waals surface area contributed by atoms with Crippen molar-refractivity contribution >= 4 is 17.6 Å². The Morgan fingerprint density at radius 2 is 2.04 bits per heavy atom. The smallest absolute Gasteiger partial charge is 0.338 e.